The third-order valence-electron chi connectivity index (χ3n) is 2.42. The number of hydrogen-bond donors (Lipinski definition) is 2. The Morgan fingerprint density at radius 3 is 2.58 bits per heavy atom. The van der Waals surface area contributed by atoms with Crippen molar-refractivity contribution in [3.8, 4) is 0 Å². The lowest BCUT2D eigenvalue weighted by Gasteiger charge is -2.07. The maximum Gasteiger partial charge on any atom is 0.224 e. The minimum Gasteiger partial charge on any atom is -0.356 e. The van der Waals surface area contributed by atoms with Crippen molar-refractivity contribution in [1.82, 2.24) is 10.6 Å². The van der Waals surface area contributed by atoms with Gasteiger partial charge in [0.1, 0.15) is 0 Å². The molecule has 2 N–H and O–H groups in total. The van der Waals surface area contributed by atoms with Gasteiger partial charge in [0.15, 0.2) is 0 Å². The number of hydrogen-bond acceptors (Lipinski definition) is 2. The van der Waals surface area contributed by atoms with Crippen LogP contribution < -0.4 is 10.6 Å². The Morgan fingerprint density at radius 2 is 1.95 bits per heavy atom. The van der Waals surface area contributed by atoms with Gasteiger partial charge in [-0.3, -0.25) is 9.59 Å². The Morgan fingerprint density at radius 1 is 1.26 bits per heavy atom. The number of amides is 2. The van der Waals surface area contributed by atoms with E-state index in [1.54, 1.807) is 12.1 Å². The molecule has 0 bridgehead atoms. The maximum atomic E-state index is 11.7. The second kappa shape index (κ2) is 8.17. The molecule has 2 amide bonds. The molecular formula is C13H16BrClN2O2. The quantitative estimate of drug-likeness (QED) is 0.776. The fourth-order valence-corrected chi connectivity index (χ4v) is 2.30. The molecule has 0 saturated heterocycles. The van der Waals surface area contributed by atoms with Gasteiger partial charge >= 0.3 is 0 Å². The molecule has 0 heterocycles. The van der Waals surface area contributed by atoms with Crippen LogP contribution in [0.5, 0.6) is 0 Å². The zero-order valence-corrected chi connectivity index (χ0v) is 13.0. The average Bonchev–Trinajstić information content (AvgIpc) is 2.32. The van der Waals surface area contributed by atoms with Crippen molar-refractivity contribution in [2.45, 2.75) is 19.8 Å². The molecule has 0 atom stereocenters. The molecule has 4 nitrogen and oxygen atoms in total. The minimum atomic E-state index is -0.0589. The molecule has 104 valence electrons. The molecule has 0 fully saturated rings. The molecule has 0 unspecified atom stereocenters. The summed E-state index contributed by atoms with van der Waals surface area (Å²) in [5.41, 5.74) is 0.892. The van der Waals surface area contributed by atoms with E-state index in [1.165, 1.54) is 6.92 Å². The molecular weight excluding hydrogens is 332 g/mol. The lowest BCUT2D eigenvalue weighted by molar-refractivity contribution is -0.120. The molecule has 0 aliphatic carbocycles. The van der Waals surface area contributed by atoms with Gasteiger partial charge in [-0.05, 0) is 24.1 Å². The fourth-order valence-electron chi connectivity index (χ4n) is 1.48. The van der Waals surface area contributed by atoms with Crippen molar-refractivity contribution in [2.24, 2.45) is 0 Å². The van der Waals surface area contributed by atoms with E-state index in [1.807, 2.05) is 6.07 Å². The normalized spacial score (nSPS) is 10.1. The summed E-state index contributed by atoms with van der Waals surface area (Å²) in [4.78, 5) is 22.3. The number of nitrogens with one attached hydrogen (secondary N) is 2. The summed E-state index contributed by atoms with van der Waals surface area (Å²) >= 11 is 9.21. The van der Waals surface area contributed by atoms with Crippen molar-refractivity contribution in [3.05, 3.63) is 33.3 Å². The van der Waals surface area contributed by atoms with E-state index in [0.717, 1.165) is 10.0 Å². The van der Waals surface area contributed by atoms with E-state index in [4.69, 9.17) is 11.6 Å². The van der Waals surface area contributed by atoms with Crippen LogP contribution in [-0.2, 0) is 16.0 Å². The minimum absolute atomic E-state index is 0.0501. The van der Waals surface area contributed by atoms with E-state index in [2.05, 4.69) is 26.6 Å². The third-order valence-corrected chi connectivity index (χ3v) is 3.39. The maximum absolute atomic E-state index is 11.7. The summed E-state index contributed by atoms with van der Waals surface area (Å²) in [6.45, 7) is 2.58. The molecule has 0 aromatic heterocycles. The number of rotatable bonds is 6. The van der Waals surface area contributed by atoms with Crippen LogP contribution in [0.25, 0.3) is 0 Å². The number of benzene rings is 1. The Hall–Kier alpha value is -1.07. The fraction of sp³-hybridized carbons (Fsp3) is 0.385. The summed E-state index contributed by atoms with van der Waals surface area (Å²) in [5, 5.41) is 6.11. The molecule has 1 aromatic rings. The summed E-state index contributed by atoms with van der Waals surface area (Å²) in [6.07, 6.45) is 1.02. The highest BCUT2D eigenvalue weighted by Crippen LogP contribution is 2.21. The predicted molar refractivity (Wildman–Crippen MR) is 79.2 cm³/mol. The van der Waals surface area contributed by atoms with Crippen LogP contribution in [0.4, 0.5) is 0 Å². The van der Waals surface area contributed by atoms with E-state index < -0.39 is 0 Å². The van der Waals surface area contributed by atoms with Crippen molar-refractivity contribution in [1.29, 1.82) is 0 Å². The van der Waals surface area contributed by atoms with Crippen molar-refractivity contribution in [3.63, 3.8) is 0 Å². The number of carbonyl (C=O) groups is 2. The highest BCUT2D eigenvalue weighted by atomic mass is 79.9. The van der Waals surface area contributed by atoms with Gasteiger partial charge in [0.05, 0.1) is 6.42 Å². The smallest absolute Gasteiger partial charge is 0.224 e. The highest BCUT2D eigenvalue weighted by molar-refractivity contribution is 9.10. The van der Waals surface area contributed by atoms with Gasteiger partial charge in [-0.25, -0.2) is 0 Å². The van der Waals surface area contributed by atoms with Gasteiger partial charge in [0, 0.05) is 29.5 Å². The Balaban J connectivity index is 2.29. The zero-order valence-electron chi connectivity index (χ0n) is 10.6. The third kappa shape index (κ3) is 6.59. The van der Waals surface area contributed by atoms with Gasteiger partial charge in [-0.1, -0.05) is 33.6 Å². The van der Waals surface area contributed by atoms with Crippen molar-refractivity contribution >= 4 is 39.3 Å². The summed E-state index contributed by atoms with van der Waals surface area (Å²) in [6, 6.07) is 5.34. The van der Waals surface area contributed by atoms with Crippen LogP contribution in [0, 0.1) is 0 Å². The van der Waals surface area contributed by atoms with Crippen LogP contribution in [0.15, 0.2) is 22.7 Å². The summed E-state index contributed by atoms with van der Waals surface area (Å²) in [5.74, 6) is -0.109. The van der Waals surface area contributed by atoms with Gasteiger partial charge in [-0.15, -0.1) is 0 Å². The Bertz CT molecular complexity index is 466. The van der Waals surface area contributed by atoms with Gasteiger partial charge in [0.25, 0.3) is 0 Å². The first-order chi connectivity index (χ1) is 8.99. The van der Waals surface area contributed by atoms with E-state index >= 15 is 0 Å². The lowest BCUT2D eigenvalue weighted by Crippen LogP contribution is -2.29. The molecule has 1 aromatic carbocycles. The molecule has 0 aliphatic rings. The van der Waals surface area contributed by atoms with E-state index in [-0.39, 0.29) is 11.8 Å². The average molecular weight is 348 g/mol. The highest BCUT2D eigenvalue weighted by Gasteiger charge is 2.06. The SMILES string of the molecule is CC(=O)NCCCNC(=O)Cc1ccc(Cl)cc1Br. The van der Waals surface area contributed by atoms with Crippen LogP contribution >= 0.6 is 27.5 Å². The zero-order chi connectivity index (χ0) is 14.3. The molecule has 1 rings (SSSR count). The monoisotopic (exact) mass is 346 g/mol. The second-order valence-electron chi connectivity index (χ2n) is 4.10. The standard InChI is InChI=1S/C13H16BrClN2O2/c1-9(18)16-5-2-6-17-13(19)7-10-3-4-11(15)8-12(10)14/h3-4,8H,2,5-7H2,1H3,(H,16,18)(H,17,19). The largest absolute Gasteiger partial charge is 0.356 e. The molecule has 0 radical (unpaired) electrons. The molecule has 0 aliphatic heterocycles. The number of carbonyl (C=O) groups excluding carboxylic acids is 2. The first-order valence-corrected chi connectivity index (χ1v) is 7.11. The van der Waals surface area contributed by atoms with E-state index in [0.29, 0.717) is 31.0 Å². The summed E-state index contributed by atoms with van der Waals surface area (Å²) < 4.78 is 0.827. The van der Waals surface area contributed by atoms with Gasteiger partial charge in [0.2, 0.25) is 11.8 Å². The van der Waals surface area contributed by atoms with Crippen LogP contribution in [0.2, 0.25) is 5.02 Å². The van der Waals surface area contributed by atoms with Gasteiger partial charge < -0.3 is 10.6 Å². The Labute approximate surface area is 126 Å². The van der Waals surface area contributed by atoms with Crippen LogP contribution in [0.3, 0.4) is 0 Å². The topological polar surface area (TPSA) is 58.2 Å². The predicted octanol–water partition coefficient (Wildman–Crippen LogP) is 2.29. The van der Waals surface area contributed by atoms with Crippen molar-refractivity contribution < 1.29 is 9.59 Å². The van der Waals surface area contributed by atoms with Crippen LogP contribution in [0.1, 0.15) is 18.9 Å². The molecule has 6 heteroatoms. The Kier molecular flexibility index (Phi) is 6.87. The summed E-state index contributed by atoms with van der Waals surface area (Å²) in [7, 11) is 0. The second-order valence-corrected chi connectivity index (χ2v) is 5.39. The number of halogens is 2. The van der Waals surface area contributed by atoms with Crippen LogP contribution in [-0.4, -0.2) is 24.9 Å². The van der Waals surface area contributed by atoms with Gasteiger partial charge in [-0.2, -0.15) is 0 Å². The molecule has 0 saturated carbocycles. The molecule has 0 spiro atoms. The first-order valence-electron chi connectivity index (χ1n) is 5.94. The first kappa shape index (κ1) is 16.0. The molecule has 19 heavy (non-hydrogen) atoms. The van der Waals surface area contributed by atoms with Crippen molar-refractivity contribution in [2.75, 3.05) is 13.1 Å². The van der Waals surface area contributed by atoms with E-state index in [9.17, 15) is 9.59 Å². The lowest BCUT2D eigenvalue weighted by atomic mass is 10.1.